The molecule has 2 aromatic carbocycles. The molecule has 2 N–H and O–H groups in total. The van der Waals surface area contributed by atoms with Gasteiger partial charge < -0.3 is 0 Å². The van der Waals surface area contributed by atoms with Crippen molar-refractivity contribution >= 4 is 27.3 Å². The van der Waals surface area contributed by atoms with Crippen LogP contribution in [0.15, 0.2) is 83.1 Å². The van der Waals surface area contributed by atoms with E-state index in [9.17, 15) is 13.2 Å². The van der Waals surface area contributed by atoms with E-state index in [0.29, 0.717) is 17.0 Å². The first kappa shape index (κ1) is 20.2. The number of aromatic nitrogens is 1. The van der Waals surface area contributed by atoms with Crippen molar-refractivity contribution in [3.8, 4) is 0 Å². The third kappa shape index (κ3) is 5.26. The summed E-state index contributed by atoms with van der Waals surface area (Å²) in [6.45, 7) is 3.64. The van der Waals surface area contributed by atoms with Gasteiger partial charge in [-0.15, -0.1) is 0 Å². The highest BCUT2D eigenvalue weighted by atomic mass is 32.2. The average Bonchev–Trinajstić information content (AvgIpc) is 2.73. The molecule has 0 aliphatic heterocycles. The van der Waals surface area contributed by atoms with Gasteiger partial charge in [-0.1, -0.05) is 29.8 Å². The van der Waals surface area contributed by atoms with Gasteiger partial charge in [-0.05, 0) is 55.8 Å². The largest absolute Gasteiger partial charge is 0.280 e. The number of sulfonamides is 1. The predicted molar refractivity (Wildman–Crippen MR) is 112 cm³/mol. The molecule has 0 unspecified atom stereocenters. The van der Waals surface area contributed by atoms with Gasteiger partial charge in [-0.2, -0.15) is 5.10 Å². The molecule has 0 bridgehead atoms. The Bertz CT molecular complexity index is 1120. The van der Waals surface area contributed by atoms with Crippen molar-refractivity contribution in [1.29, 1.82) is 0 Å². The van der Waals surface area contributed by atoms with Gasteiger partial charge in [-0.3, -0.25) is 14.5 Å². The Morgan fingerprint density at radius 3 is 2.28 bits per heavy atom. The van der Waals surface area contributed by atoms with Gasteiger partial charge in [-0.25, -0.2) is 13.8 Å². The summed E-state index contributed by atoms with van der Waals surface area (Å²) >= 11 is 0. The Labute approximate surface area is 169 Å². The molecule has 0 aliphatic carbocycles. The van der Waals surface area contributed by atoms with E-state index < -0.39 is 10.0 Å². The molecule has 3 rings (SSSR count). The molecule has 0 spiro atoms. The fraction of sp³-hybridized carbons (Fsp3) is 0.0952. The summed E-state index contributed by atoms with van der Waals surface area (Å²) in [5.41, 5.74) is 5.62. The summed E-state index contributed by atoms with van der Waals surface area (Å²) in [6.07, 6.45) is 3.04. The summed E-state index contributed by atoms with van der Waals surface area (Å²) in [4.78, 5) is 16.1. The number of hydrogen-bond donors (Lipinski definition) is 2. The van der Waals surface area contributed by atoms with Crippen LogP contribution in [0.1, 0.15) is 28.4 Å². The first-order chi connectivity index (χ1) is 13.8. The second kappa shape index (κ2) is 8.66. The molecule has 3 aromatic rings. The van der Waals surface area contributed by atoms with Crippen LogP contribution in [-0.2, 0) is 10.0 Å². The van der Waals surface area contributed by atoms with Crippen LogP contribution in [0.5, 0.6) is 0 Å². The minimum Gasteiger partial charge on any atom is -0.280 e. The van der Waals surface area contributed by atoms with Crippen molar-refractivity contribution < 1.29 is 13.2 Å². The fourth-order valence-corrected chi connectivity index (χ4v) is 3.53. The van der Waals surface area contributed by atoms with E-state index in [-0.39, 0.29) is 10.8 Å². The number of amides is 1. The van der Waals surface area contributed by atoms with Crippen molar-refractivity contribution in [3.05, 3.63) is 89.7 Å². The maximum atomic E-state index is 12.5. The van der Waals surface area contributed by atoms with Gasteiger partial charge in [0, 0.05) is 18.1 Å². The van der Waals surface area contributed by atoms with Gasteiger partial charge in [0.05, 0.1) is 16.2 Å². The molecule has 1 aromatic heterocycles. The van der Waals surface area contributed by atoms with E-state index in [2.05, 4.69) is 20.2 Å². The summed E-state index contributed by atoms with van der Waals surface area (Å²) < 4.78 is 27.5. The zero-order valence-electron chi connectivity index (χ0n) is 16.0. The molecule has 0 fully saturated rings. The minimum absolute atomic E-state index is 0.197. The van der Waals surface area contributed by atoms with Crippen molar-refractivity contribution in [3.63, 3.8) is 0 Å². The highest BCUT2D eigenvalue weighted by molar-refractivity contribution is 7.92. The molecule has 0 aliphatic rings. The van der Waals surface area contributed by atoms with Gasteiger partial charge in [0.1, 0.15) is 0 Å². The number of carbonyl (C=O) groups excluding carboxylic acids is 1. The smallest absolute Gasteiger partial charge is 0.272 e. The first-order valence-electron chi connectivity index (χ1n) is 8.80. The molecular formula is C21H20N4O3S. The summed E-state index contributed by atoms with van der Waals surface area (Å²) in [7, 11) is -3.66. The number of anilines is 1. The SMILES string of the molecule is C/C(=N\NC(=O)c1cccnc1)c1ccc(NS(=O)(=O)c2ccc(C)cc2)cc1. The second-order valence-corrected chi connectivity index (χ2v) is 8.06. The second-order valence-electron chi connectivity index (χ2n) is 6.38. The maximum Gasteiger partial charge on any atom is 0.272 e. The fourth-order valence-electron chi connectivity index (χ4n) is 2.47. The van der Waals surface area contributed by atoms with Crippen molar-refractivity contribution in [1.82, 2.24) is 10.4 Å². The van der Waals surface area contributed by atoms with Crippen LogP contribution in [0, 0.1) is 6.92 Å². The zero-order valence-corrected chi connectivity index (χ0v) is 16.8. The van der Waals surface area contributed by atoms with Crippen molar-refractivity contribution in [2.75, 3.05) is 4.72 Å². The quantitative estimate of drug-likeness (QED) is 0.482. The standard InChI is InChI=1S/C21H20N4O3S/c1-15-5-11-20(12-6-15)29(27,28)25-19-9-7-17(8-10-19)16(2)23-24-21(26)18-4-3-13-22-14-18/h3-14,25H,1-2H3,(H,24,26)/b23-16+. The van der Waals surface area contributed by atoms with Crippen LogP contribution in [-0.4, -0.2) is 25.0 Å². The molecule has 1 amide bonds. The number of nitrogens with one attached hydrogen (secondary N) is 2. The number of nitrogens with zero attached hydrogens (tertiary/aromatic N) is 2. The number of pyridine rings is 1. The van der Waals surface area contributed by atoms with Gasteiger partial charge >= 0.3 is 0 Å². The van der Waals surface area contributed by atoms with Crippen LogP contribution >= 0.6 is 0 Å². The maximum absolute atomic E-state index is 12.5. The number of benzene rings is 2. The van der Waals surface area contributed by atoms with E-state index in [1.165, 1.54) is 6.20 Å². The van der Waals surface area contributed by atoms with Crippen molar-refractivity contribution in [2.45, 2.75) is 18.7 Å². The minimum atomic E-state index is -3.66. The number of carbonyl (C=O) groups is 1. The van der Waals surface area contributed by atoms with Gasteiger partial charge in [0.2, 0.25) is 0 Å². The van der Waals surface area contributed by atoms with E-state index in [0.717, 1.165) is 11.1 Å². The summed E-state index contributed by atoms with van der Waals surface area (Å²) in [5, 5.41) is 4.08. The molecule has 0 saturated carbocycles. The Kier molecular flexibility index (Phi) is 6.04. The Morgan fingerprint density at radius 1 is 0.966 bits per heavy atom. The molecule has 0 atom stereocenters. The number of rotatable bonds is 6. The molecule has 0 saturated heterocycles. The Morgan fingerprint density at radius 2 is 1.66 bits per heavy atom. The third-order valence-electron chi connectivity index (χ3n) is 4.14. The lowest BCUT2D eigenvalue weighted by molar-refractivity contribution is 0.0954. The lowest BCUT2D eigenvalue weighted by atomic mass is 10.1. The molecule has 0 radical (unpaired) electrons. The van der Waals surface area contributed by atoms with E-state index in [1.54, 1.807) is 73.8 Å². The summed E-state index contributed by atoms with van der Waals surface area (Å²) in [6, 6.07) is 16.7. The average molecular weight is 408 g/mol. The molecular weight excluding hydrogens is 388 g/mol. The zero-order chi connectivity index (χ0) is 20.9. The first-order valence-corrected chi connectivity index (χ1v) is 10.3. The monoisotopic (exact) mass is 408 g/mol. The Balaban J connectivity index is 1.67. The van der Waals surface area contributed by atoms with Gasteiger partial charge in [0.15, 0.2) is 0 Å². The lowest BCUT2D eigenvalue weighted by Crippen LogP contribution is -2.19. The Hall–Kier alpha value is -3.52. The van der Waals surface area contributed by atoms with E-state index >= 15 is 0 Å². The predicted octanol–water partition coefficient (Wildman–Crippen LogP) is 3.34. The van der Waals surface area contributed by atoms with Gasteiger partial charge in [0.25, 0.3) is 15.9 Å². The van der Waals surface area contributed by atoms with Crippen molar-refractivity contribution in [2.24, 2.45) is 5.10 Å². The highest BCUT2D eigenvalue weighted by Gasteiger charge is 2.14. The van der Waals surface area contributed by atoms with Crippen LogP contribution in [0.3, 0.4) is 0 Å². The summed E-state index contributed by atoms with van der Waals surface area (Å²) in [5.74, 6) is -0.361. The number of hydrazone groups is 1. The normalized spacial score (nSPS) is 11.7. The molecule has 29 heavy (non-hydrogen) atoms. The van der Waals surface area contributed by atoms with Crippen LogP contribution in [0.2, 0.25) is 0 Å². The van der Waals surface area contributed by atoms with E-state index in [1.807, 2.05) is 6.92 Å². The molecule has 1 heterocycles. The molecule has 8 heteroatoms. The van der Waals surface area contributed by atoms with Crippen LogP contribution in [0.4, 0.5) is 5.69 Å². The lowest BCUT2D eigenvalue weighted by Gasteiger charge is -2.09. The topological polar surface area (TPSA) is 101 Å². The molecule has 148 valence electrons. The third-order valence-corrected chi connectivity index (χ3v) is 5.53. The number of aryl methyl sites for hydroxylation is 1. The van der Waals surface area contributed by atoms with E-state index in [4.69, 9.17) is 0 Å². The molecule has 7 nitrogen and oxygen atoms in total. The van der Waals surface area contributed by atoms with Crippen LogP contribution in [0.25, 0.3) is 0 Å². The number of hydrogen-bond acceptors (Lipinski definition) is 5. The highest BCUT2D eigenvalue weighted by Crippen LogP contribution is 2.17. The van der Waals surface area contributed by atoms with Crippen LogP contribution < -0.4 is 10.1 Å².